The fraction of sp³-hybridized carbons (Fsp3) is 0.0714. The standard InChI is InChI=1S/C14H12BrN5O/c1-21-13-11(6-3-7-12(13)16)14-17-18-19-20(14)10-5-2-4-9(15)8-10/h2-8H,16H2,1H3. The van der Waals surface area contributed by atoms with E-state index in [0.29, 0.717) is 17.3 Å². The minimum Gasteiger partial charge on any atom is -0.494 e. The summed E-state index contributed by atoms with van der Waals surface area (Å²) < 4.78 is 7.96. The van der Waals surface area contributed by atoms with E-state index in [0.717, 1.165) is 15.7 Å². The lowest BCUT2D eigenvalue weighted by Crippen LogP contribution is -2.02. The fourth-order valence-electron chi connectivity index (χ4n) is 2.10. The van der Waals surface area contributed by atoms with Gasteiger partial charge in [-0.05, 0) is 40.8 Å². The monoisotopic (exact) mass is 345 g/mol. The molecule has 0 spiro atoms. The van der Waals surface area contributed by atoms with Crippen LogP contribution in [0.5, 0.6) is 5.75 Å². The number of halogens is 1. The predicted molar refractivity (Wildman–Crippen MR) is 83.3 cm³/mol. The molecule has 3 rings (SSSR count). The van der Waals surface area contributed by atoms with Crippen molar-refractivity contribution in [1.82, 2.24) is 20.2 Å². The van der Waals surface area contributed by atoms with Gasteiger partial charge in [-0.1, -0.05) is 28.1 Å². The minimum atomic E-state index is 0.541. The summed E-state index contributed by atoms with van der Waals surface area (Å²) in [7, 11) is 1.57. The summed E-state index contributed by atoms with van der Waals surface area (Å²) >= 11 is 3.44. The van der Waals surface area contributed by atoms with Crippen molar-refractivity contribution < 1.29 is 4.74 Å². The van der Waals surface area contributed by atoms with Crippen molar-refractivity contribution in [2.45, 2.75) is 0 Å². The van der Waals surface area contributed by atoms with Gasteiger partial charge in [0, 0.05) is 4.47 Å². The van der Waals surface area contributed by atoms with E-state index in [1.54, 1.807) is 17.9 Å². The molecule has 0 radical (unpaired) electrons. The van der Waals surface area contributed by atoms with Crippen LogP contribution in [0.4, 0.5) is 5.69 Å². The number of para-hydroxylation sites is 1. The van der Waals surface area contributed by atoms with E-state index in [2.05, 4.69) is 31.5 Å². The van der Waals surface area contributed by atoms with Gasteiger partial charge in [-0.2, -0.15) is 4.68 Å². The van der Waals surface area contributed by atoms with Crippen LogP contribution in [-0.4, -0.2) is 27.3 Å². The third-order valence-corrected chi connectivity index (χ3v) is 3.51. The Morgan fingerprint density at radius 3 is 2.76 bits per heavy atom. The second-order valence-corrected chi connectivity index (χ2v) is 5.24. The number of nitrogens with two attached hydrogens (primary N) is 1. The van der Waals surface area contributed by atoms with E-state index in [-0.39, 0.29) is 0 Å². The molecule has 0 saturated heterocycles. The molecule has 6 nitrogen and oxygen atoms in total. The number of tetrazole rings is 1. The van der Waals surface area contributed by atoms with Gasteiger partial charge in [0.25, 0.3) is 0 Å². The molecule has 0 unspecified atom stereocenters. The number of nitrogen functional groups attached to an aromatic ring is 1. The van der Waals surface area contributed by atoms with Crippen LogP contribution < -0.4 is 10.5 Å². The zero-order valence-corrected chi connectivity index (χ0v) is 12.8. The van der Waals surface area contributed by atoms with Crippen LogP contribution in [0.25, 0.3) is 17.1 Å². The van der Waals surface area contributed by atoms with Gasteiger partial charge >= 0.3 is 0 Å². The fourth-order valence-corrected chi connectivity index (χ4v) is 2.48. The van der Waals surface area contributed by atoms with Gasteiger partial charge in [0.2, 0.25) is 0 Å². The SMILES string of the molecule is COc1c(N)cccc1-c1nnnn1-c1cccc(Br)c1. The summed E-state index contributed by atoms with van der Waals surface area (Å²) in [4.78, 5) is 0. The molecule has 2 aromatic carbocycles. The van der Waals surface area contributed by atoms with Crippen molar-refractivity contribution in [3.05, 3.63) is 46.9 Å². The molecule has 0 saturated carbocycles. The van der Waals surface area contributed by atoms with Gasteiger partial charge in [0.05, 0.1) is 24.0 Å². The number of hydrogen-bond acceptors (Lipinski definition) is 5. The number of anilines is 1. The third-order valence-electron chi connectivity index (χ3n) is 3.01. The van der Waals surface area contributed by atoms with Crippen LogP contribution in [-0.2, 0) is 0 Å². The summed E-state index contributed by atoms with van der Waals surface area (Å²) in [6.07, 6.45) is 0. The lowest BCUT2D eigenvalue weighted by Gasteiger charge is -2.11. The molecule has 21 heavy (non-hydrogen) atoms. The predicted octanol–water partition coefficient (Wildman–Crippen LogP) is 2.68. The van der Waals surface area contributed by atoms with Crippen LogP contribution >= 0.6 is 15.9 Å². The van der Waals surface area contributed by atoms with Crippen LogP contribution in [0, 0.1) is 0 Å². The van der Waals surface area contributed by atoms with Crippen LogP contribution in [0.3, 0.4) is 0 Å². The highest BCUT2D eigenvalue weighted by Crippen LogP contribution is 2.34. The molecular formula is C14H12BrN5O. The topological polar surface area (TPSA) is 78.8 Å². The van der Waals surface area contributed by atoms with E-state index in [4.69, 9.17) is 10.5 Å². The van der Waals surface area contributed by atoms with Crippen molar-refractivity contribution in [3.63, 3.8) is 0 Å². The largest absolute Gasteiger partial charge is 0.494 e. The molecule has 0 fully saturated rings. The lowest BCUT2D eigenvalue weighted by molar-refractivity contribution is 0.418. The molecule has 0 aliphatic carbocycles. The molecule has 0 bridgehead atoms. The van der Waals surface area contributed by atoms with E-state index in [1.165, 1.54) is 0 Å². The molecule has 0 atom stereocenters. The van der Waals surface area contributed by atoms with Crippen molar-refractivity contribution >= 4 is 21.6 Å². The molecule has 2 N–H and O–H groups in total. The Kier molecular flexibility index (Phi) is 3.57. The molecular weight excluding hydrogens is 334 g/mol. The van der Waals surface area contributed by atoms with Crippen LogP contribution in [0.1, 0.15) is 0 Å². The van der Waals surface area contributed by atoms with Gasteiger partial charge in [-0.15, -0.1) is 5.10 Å². The van der Waals surface area contributed by atoms with Crippen molar-refractivity contribution in [1.29, 1.82) is 0 Å². The maximum Gasteiger partial charge on any atom is 0.190 e. The summed E-state index contributed by atoms with van der Waals surface area (Å²) in [5, 5.41) is 11.9. The average molecular weight is 346 g/mol. The first-order valence-corrected chi connectivity index (χ1v) is 6.97. The molecule has 3 aromatic rings. The molecule has 106 valence electrons. The highest BCUT2D eigenvalue weighted by atomic mass is 79.9. The first kappa shape index (κ1) is 13.6. The average Bonchev–Trinajstić information content (AvgIpc) is 2.96. The third kappa shape index (κ3) is 2.47. The number of nitrogens with zero attached hydrogens (tertiary/aromatic N) is 4. The lowest BCUT2D eigenvalue weighted by atomic mass is 10.1. The molecule has 0 aliphatic rings. The highest BCUT2D eigenvalue weighted by molar-refractivity contribution is 9.10. The van der Waals surface area contributed by atoms with Gasteiger partial charge in [0.1, 0.15) is 0 Å². The van der Waals surface area contributed by atoms with E-state index < -0.39 is 0 Å². The molecule has 1 heterocycles. The Morgan fingerprint density at radius 2 is 2.00 bits per heavy atom. The van der Waals surface area contributed by atoms with Gasteiger partial charge in [-0.25, -0.2) is 0 Å². The first-order valence-electron chi connectivity index (χ1n) is 6.18. The van der Waals surface area contributed by atoms with Crippen molar-refractivity contribution in [2.75, 3.05) is 12.8 Å². The zero-order chi connectivity index (χ0) is 14.8. The summed E-state index contributed by atoms with van der Waals surface area (Å²) in [6.45, 7) is 0. The van der Waals surface area contributed by atoms with Gasteiger partial charge < -0.3 is 10.5 Å². The van der Waals surface area contributed by atoms with E-state index >= 15 is 0 Å². The minimum absolute atomic E-state index is 0.541. The molecule has 0 amide bonds. The Bertz CT molecular complexity index is 787. The molecule has 0 aliphatic heterocycles. The summed E-state index contributed by atoms with van der Waals surface area (Å²) in [6, 6.07) is 13.2. The maximum absolute atomic E-state index is 5.94. The summed E-state index contributed by atoms with van der Waals surface area (Å²) in [5.74, 6) is 1.13. The number of rotatable bonds is 3. The van der Waals surface area contributed by atoms with E-state index in [9.17, 15) is 0 Å². The van der Waals surface area contributed by atoms with Crippen molar-refractivity contribution in [2.24, 2.45) is 0 Å². The highest BCUT2D eigenvalue weighted by Gasteiger charge is 2.16. The molecule has 7 heteroatoms. The second kappa shape index (κ2) is 5.53. The first-order chi connectivity index (χ1) is 10.2. The van der Waals surface area contributed by atoms with Gasteiger partial charge in [-0.3, -0.25) is 0 Å². The maximum atomic E-state index is 5.94. The van der Waals surface area contributed by atoms with Crippen LogP contribution in [0.15, 0.2) is 46.9 Å². The number of methoxy groups -OCH3 is 1. The number of ether oxygens (including phenoxy) is 1. The number of aromatic nitrogens is 4. The Morgan fingerprint density at radius 1 is 1.19 bits per heavy atom. The zero-order valence-electron chi connectivity index (χ0n) is 11.2. The number of benzene rings is 2. The van der Waals surface area contributed by atoms with Gasteiger partial charge in [0.15, 0.2) is 11.6 Å². The Hall–Kier alpha value is -2.41. The smallest absolute Gasteiger partial charge is 0.190 e. The normalized spacial score (nSPS) is 10.6. The van der Waals surface area contributed by atoms with Crippen molar-refractivity contribution in [3.8, 4) is 22.8 Å². The second-order valence-electron chi connectivity index (χ2n) is 4.32. The number of hydrogen-bond donors (Lipinski definition) is 1. The van der Waals surface area contributed by atoms with E-state index in [1.807, 2.05) is 36.4 Å². The van der Waals surface area contributed by atoms with Crippen LogP contribution in [0.2, 0.25) is 0 Å². The Balaban J connectivity index is 2.18. The quantitative estimate of drug-likeness (QED) is 0.738. The summed E-state index contributed by atoms with van der Waals surface area (Å²) in [5.41, 5.74) is 8.06. The molecule has 1 aromatic heterocycles. The Labute approximate surface area is 129 Å².